The van der Waals surface area contributed by atoms with Crippen molar-refractivity contribution < 1.29 is 17.9 Å². The monoisotopic (exact) mass is 373 g/mol. The number of hydrogen-bond acceptors (Lipinski definition) is 4. The summed E-state index contributed by atoms with van der Waals surface area (Å²) in [6.07, 6.45) is 5.00. The van der Waals surface area contributed by atoms with Gasteiger partial charge in [0.15, 0.2) is 0 Å². The summed E-state index contributed by atoms with van der Waals surface area (Å²) in [5, 5.41) is 0. The molecule has 3 saturated heterocycles. The Kier molecular flexibility index (Phi) is 5.72. The van der Waals surface area contributed by atoms with Crippen molar-refractivity contribution >= 4 is 16.1 Å². The topological polar surface area (TPSA) is 70.2 Å². The van der Waals surface area contributed by atoms with Crippen LogP contribution in [0.15, 0.2) is 0 Å². The zero-order valence-electron chi connectivity index (χ0n) is 15.4. The average molecular weight is 374 g/mol. The first-order chi connectivity index (χ1) is 11.9. The minimum atomic E-state index is -3.48. The van der Waals surface area contributed by atoms with E-state index in [0.29, 0.717) is 32.6 Å². The summed E-state index contributed by atoms with van der Waals surface area (Å²) in [4.78, 5) is 14.9. The molecule has 8 heteroatoms. The molecule has 3 rings (SSSR count). The molecule has 7 nitrogen and oxygen atoms in total. The molecule has 144 valence electrons. The van der Waals surface area contributed by atoms with Crippen LogP contribution in [0.25, 0.3) is 0 Å². The standard InChI is InChI=1S/C17H31N3O4S/c1-3-9-18-10-4-7-17(16(18)21)8-13-20(14-17)25(22,23)19-11-5-15(24-2)6-12-19/h15H,3-14H2,1-2H3. The number of carbonyl (C=O) groups is 1. The fraction of sp³-hybridized carbons (Fsp3) is 0.941. The van der Waals surface area contributed by atoms with Crippen molar-refractivity contribution in [3.05, 3.63) is 0 Å². The molecule has 0 radical (unpaired) electrons. The molecule has 0 aromatic heterocycles. The van der Waals surface area contributed by atoms with Crippen LogP contribution < -0.4 is 0 Å². The van der Waals surface area contributed by atoms with Gasteiger partial charge in [-0.2, -0.15) is 17.0 Å². The summed E-state index contributed by atoms with van der Waals surface area (Å²) in [5.74, 6) is 0.163. The molecule has 0 aromatic rings. The zero-order chi connectivity index (χ0) is 18.1. The van der Waals surface area contributed by atoms with Crippen LogP contribution in [0.4, 0.5) is 0 Å². The SMILES string of the molecule is CCCN1CCCC2(CCN(S(=O)(=O)N3CCC(OC)CC3)C2)C1=O. The van der Waals surface area contributed by atoms with Crippen molar-refractivity contribution in [2.45, 2.75) is 51.6 Å². The summed E-state index contributed by atoms with van der Waals surface area (Å²) in [6, 6.07) is 0. The van der Waals surface area contributed by atoms with Gasteiger partial charge in [0.2, 0.25) is 5.91 Å². The maximum Gasteiger partial charge on any atom is 0.282 e. The molecule has 1 atom stereocenters. The number of nitrogens with zero attached hydrogens (tertiary/aromatic N) is 3. The van der Waals surface area contributed by atoms with Crippen molar-refractivity contribution in [3.8, 4) is 0 Å². The first-order valence-electron chi connectivity index (χ1n) is 9.50. The van der Waals surface area contributed by atoms with E-state index < -0.39 is 15.6 Å². The van der Waals surface area contributed by atoms with Crippen LogP contribution in [0, 0.1) is 5.41 Å². The fourth-order valence-electron chi connectivity index (χ4n) is 4.51. The lowest BCUT2D eigenvalue weighted by molar-refractivity contribution is -0.145. The molecule has 3 fully saturated rings. The number of methoxy groups -OCH3 is 1. The van der Waals surface area contributed by atoms with Crippen molar-refractivity contribution in [1.29, 1.82) is 0 Å². The Balaban J connectivity index is 1.68. The number of likely N-dealkylation sites (tertiary alicyclic amines) is 1. The summed E-state index contributed by atoms with van der Waals surface area (Å²) >= 11 is 0. The third-order valence-corrected chi connectivity index (χ3v) is 8.01. The minimum Gasteiger partial charge on any atom is -0.381 e. The van der Waals surface area contributed by atoms with Gasteiger partial charge in [0, 0.05) is 46.4 Å². The zero-order valence-corrected chi connectivity index (χ0v) is 16.3. The third kappa shape index (κ3) is 3.59. The molecular weight excluding hydrogens is 342 g/mol. The molecule has 3 heterocycles. The molecule has 1 unspecified atom stereocenters. The smallest absolute Gasteiger partial charge is 0.282 e. The Morgan fingerprint density at radius 3 is 2.48 bits per heavy atom. The van der Waals surface area contributed by atoms with Gasteiger partial charge in [0.1, 0.15) is 0 Å². The number of piperidine rings is 2. The quantitative estimate of drug-likeness (QED) is 0.723. The summed E-state index contributed by atoms with van der Waals surface area (Å²) in [6.45, 7) is 5.46. The van der Waals surface area contributed by atoms with E-state index in [1.807, 2.05) is 4.90 Å². The Bertz CT molecular complexity index is 587. The predicted molar refractivity (Wildman–Crippen MR) is 95.3 cm³/mol. The van der Waals surface area contributed by atoms with Gasteiger partial charge in [-0.3, -0.25) is 4.79 Å². The van der Waals surface area contributed by atoms with E-state index in [0.717, 1.165) is 45.2 Å². The molecule has 3 aliphatic rings. The van der Waals surface area contributed by atoms with E-state index in [2.05, 4.69) is 6.92 Å². The Morgan fingerprint density at radius 1 is 1.12 bits per heavy atom. The number of amides is 1. The predicted octanol–water partition coefficient (Wildman–Crippen LogP) is 1.07. The Labute approximate surface area is 151 Å². The van der Waals surface area contributed by atoms with Gasteiger partial charge in [-0.25, -0.2) is 0 Å². The highest BCUT2D eigenvalue weighted by Crippen LogP contribution is 2.41. The number of carbonyl (C=O) groups excluding carboxylic acids is 1. The van der Waals surface area contributed by atoms with Gasteiger partial charge in [-0.05, 0) is 38.5 Å². The highest BCUT2D eigenvalue weighted by atomic mass is 32.2. The van der Waals surface area contributed by atoms with Gasteiger partial charge in [0.05, 0.1) is 11.5 Å². The first kappa shape index (κ1) is 19.1. The van der Waals surface area contributed by atoms with E-state index in [9.17, 15) is 13.2 Å². The first-order valence-corrected chi connectivity index (χ1v) is 10.9. The van der Waals surface area contributed by atoms with Gasteiger partial charge in [-0.15, -0.1) is 0 Å². The molecule has 0 N–H and O–H groups in total. The Hall–Kier alpha value is -0.700. The van der Waals surface area contributed by atoms with Crippen molar-refractivity contribution in [2.24, 2.45) is 5.41 Å². The maximum absolute atomic E-state index is 13.0. The van der Waals surface area contributed by atoms with E-state index in [1.54, 1.807) is 15.7 Å². The van der Waals surface area contributed by atoms with Gasteiger partial charge in [-0.1, -0.05) is 6.92 Å². The molecule has 25 heavy (non-hydrogen) atoms. The molecule has 0 aliphatic carbocycles. The fourth-order valence-corrected chi connectivity index (χ4v) is 6.24. The van der Waals surface area contributed by atoms with Gasteiger partial charge >= 0.3 is 0 Å². The average Bonchev–Trinajstić information content (AvgIpc) is 3.05. The van der Waals surface area contributed by atoms with Crippen molar-refractivity contribution in [2.75, 3.05) is 46.4 Å². The molecule has 3 aliphatic heterocycles. The van der Waals surface area contributed by atoms with Crippen molar-refractivity contribution in [3.63, 3.8) is 0 Å². The lowest BCUT2D eigenvalue weighted by atomic mass is 9.78. The molecule has 1 spiro atoms. The van der Waals surface area contributed by atoms with Crippen LogP contribution in [0.2, 0.25) is 0 Å². The van der Waals surface area contributed by atoms with Crippen LogP contribution in [0.1, 0.15) is 45.4 Å². The van der Waals surface area contributed by atoms with Crippen LogP contribution in [0.3, 0.4) is 0 Å². The lowest BCUT2D eigenvalue weighted by Crippen LogP contribution is -2.52. The van der Waals surface area contributed by atoms with E-state index in [1.165, 1.54) is 0 Å². The summed E-state index contributed by atoms with van der Waals surface area (Å²) < 4.78 is 34.5. The second-order valence-corrected chi connectivity index (χ2v) is 9.53. The lowest BCUT2D eigenvalue weighted by Gasteiger charge is -2.39. The van der Waals surface area contributed by atoms with Crippen LogP contribution in [-0.2, 0) is 19.7 Å². The molecular formula is C17H31N3O4S. The second-order valence-electron chi connectivity index (χ2n) is 7.60. The van der Waals surface area contributed by atoms with E-state index in [-0.39, 0.29) is 12.0 Å². The molecule has 1 amide bonds. The van der Waals surface area contributed by atoms with Gasteiger partial charge in [0.25, 0.3) is 10.2 Å². The molecule has 0 bridgehead atoms. The van der Waals surface area contributed by atoms with Gasteiger partial charge < -0.3 is 9.64 Å². The summed E-state index contributed by atoms with van der Waals surface area (Å²) in [7, 11) is -1.81. The van der Waals surface area contributed by atoms with Crippen LogP contribution in [-0.4, -0.2) is 80.3 Å². The number of hydrogen-bond donors (Lipinski definition) is 0. The second kappa shape index (κ2) is 7.50. The Morgan fingerprint density at radius 2 is 1.84 bits per heavy atom. The summed E-state index contributed by atoms with van der Waals surface area (Å²) in [5.41, 5.74) is -0.495. The third-order valence-electron chi connectivity index (χ3n) is 6.02. The maximum atomic E-state index is 13.0. The van der Waals surface area contributed by atoms with E-state index >= 15 is 0 Å². The van der Waals surface area contributed by atoms with E-state index in [4.69, 9.17) is 4.74 Å². The van der Waals surface area contributed by atoms with Crippen LogP contribution in [0.5, 0.6) is 0 Å². The highest BCUT2D eigenvalue weighted by molar-refractivity contribution is 7.86. The highest BCUT2D eigenvalue weighted by Gasteiger charge is 2.51. The van der Waals surface area contributed by atoms with Crippen molar-refractivity contribution in [1.82, 2.24) is 13.5 Å². The largest absolute Gasteiger partial charge is 0.381 e. The molecule has 0 saturated carbocycles. The molecule has 0 aromatic carbocycles. The number of ether oxygens (including phenoxy) is 1. The number of rotatable bonds is 5. The van der Waals surface area contributed by atoms with Crippen LogP contribution >= 0.6 is 0 Å². The minimum absolute atomic E-state index is 0.152. The normalized spacial score (nSPS) is 30.5.